The first kappa shape index (κ1) is 29.5. The zero-order chi connectivity index (χ0) is 30.2. The van der Waals surface area contributed by atoms with Crippen LogP contribution in [0.2, 0.25) is 0 Å². The Balaban J connectivity index is 1.52. The first-order chi connectivity index (χ1) is 19.9. The van der Waals surface area contributed by atoms with Crippen molar-refractivity contribution in [3.63, 3.8) is 0 Å². The fraction of sp³-hybridized carbons (Fsp3) is 0.483. The molecule has 2 aromatic heterocycles. The smallest absolute Gasteiger partial charge is 0.416 e. The number of nitrogens with zero attached hydrogens (tertiary/aromatic N) is 6. The third-order valence-electron chi connectivity index (χ3n) is 7.23. The summed E-state index contributed by atoms with van der Waals surface area (Å²) in [6, 6.07) is 9.52. The van der Waals surface area contributed by atoms with E-state index in [0.717, 1.165) is 36.8 Å². The lowest BCUT2D eigenvalue weighted by molar-refractivity contribution is 0.0575. The number of ether oxygens (including phenoxy) is 1. The molecule has 2 N–H and O–H groups in total. The first-order valence-corrected chi connectivity index (χ1v) is 15.6. The number of amides is 2. The zero-order valence-electron chi connectivity index (χ0n) is 24.2. The highest BCUT2D eigenvalue weighted by Crippen LogP contribution is 2.36. The SMILES string of the molecule is C[S+]([O-])Cc1cc(Nc2cc(N(C(=O)OC(C)(C)C)C3CC3)n3ncc(C#N)c3n2)ccc1C1CCCN(C(=O)O)C1. The molecule has 12 nitrogen and oxygen atoms in total. The van der Waals surface area contributed by atoms with Gasteiger partial charge in [0.15, 0.2) is 5.65 Å². The van der Waals surface area contributed by atoms with Gasteiger partial charge in [-0.05, 0) is 64.2 Å². The third kappa shape index (κ3) is 6.55. The minimum Gasteiger partial charge on any atom is -0.616 e. The molecule has 0 bridgehead atoms. The number of rotatable bonds is 7. The molecule has 3 heterocycles. The van der Waals surface area contributed by atoms with Crippen LogP contribution in [-0.2, 0) is 21.7 Å². The molecular weight excluding hydrogens is 558 g/mol. The van der Waals surface area contributed by atoms with Gasteiger partial charge in [-0.1, -0.05) is 17.2 Å². The fourth-order valence-corrected chi connectivity index (χ4v) is 6.00. The van der Waals surface area contributed by atoms with E-state index in [1.807, 2.05) is 39.0 Å². The molecule has 1 aromatic carbocycles. The van der Waals surface area contributed by atoms with Crippen LogP contribution in [0.25, 0.3) is 5.65 Å². The van der Waals surface area contributed by atoms with Crippen LogP contribution in [0.1, 0.15) is 69.1 Å². The number of hydrogen-bond donors (Lipinski definition) is 2. The van der Waals surface area contributed by atoms with Crippen molar-refractivity contribution < 1.29 is 24.0 Å². The maximum atomic E-state index is 13.3. The number of piperidine rings is 1. The molecule has 3 aromatic rings. The summed E-state index contributed by atoms with van der Waals surface area (Å²) in [7, 11) is 0. The van der Waals surface area contributed by atoms with Crippen molar-refractivity contribution in [1.29, 1.82) is 5.26 Å². The van der Waals surface area contributed by atoms with E-state index in [9.17, 15) is 24.5 Å². The van der Waals surface area contributed by atoms with Gasteiger partial charge < -0.3 is 24.6 Å². The quantitative estimate of drug-likeness (QED) is 0.360. The second-order valence-corrected chi connectivity index (χ2v) is 13.2. The van der Waals surface area contributed by atoms with Crippen molar-refractivity contribution in [2.75, 3.05) is 29.6 Å². The summed E-state index contributed by atoms with van der Waals surface area (Å²) in [5.41, 5.74) is 2.40. The van der Waals surface area contributed by atoms with Gasteiger partial charge in [-0.2, -0.15) is 14.9 Å². The molecule has 2 atom stereocenters. The lowest BCUT2D eigenvalue weighted by Crippen LogP contribution is -2.39. The Morgan fingerprint density at radius 1 is 1.29 bits per heavy atom. The first-order valence-electron chi connectivity index (χ1n) is 13.9. The average Bonchev–Trinajstić information content (AvgIpc) is 3.65. The van der Waals surface area contributed by atoms with Gasteiger partial charge in [-0.25, -0.2) is 14.6 Å². The topological polar surface area (TPSA) is 159 Å². The Labute approximate surface area is 247 Å². The maximum Gasteiger partial charge on any atom is 0.416 e. The number of carbonyl (C=O) groups is 2. The normalized spacial score (nSPS) is 17.9. The minimum absolute atomic E-state index is 0.00874. The summed E-state index contributed by atoms with van der Waals surface area (Å²) in [5.74, 6) is 1.16. The van der Waals surface area contributed by atoms with Crippen molar-refractivity contribution in [2.45, 2.75) is 69.8 Å². The molecule has 2 aliphatic rings. The van der Waals surface area contributed by atoms with Crippen molar-refractivity contribution in [2.24, 2.45) is 0 Å². The van der Waals surface area contributed by atoms with Crippen LogP contribution in [0.3, 0.4) is 0 Å². The minimum atomic E-state index is -1.12. The summed E-state index contributed by atoms with van der Waals surface area (Å²) >= 11 is -1.12. The highest BCUT2D eigenvalue weighted by Gasteiger charge is 2.38. The average molecular weight is 594 g/mol. The molecule has 13 heteroatoms. The van der Waals surface area contributed by atoms with E-state index in [-0.39, 0.29) is 17.5 Å². The second-order valence-electron chi connectivity index (χ2n) is 11.8. The molecule has 42 heavy (non-hydrogen) atoms. The molecule has 1 saturated carbocycles. The summed E-state index contributed by atoms with van der Waals surface area (Å²) in [4.78, 5) is 32.6. The Hall–Kier alpha value is -4.02. The number of nitriles is 1. The van der Waals surface area contributed by atoms with Gasteiger partial charge in [0.25, 0.3) is 0 Å². The Bertz CT molecular complexity index is 1540. The van der Waals surface area contributed by atoms with E-state index < -0.39 is 29.0 Å². The number of carbonyl (C=O) groups excluding carboxylic acids is 1. The van der Waals surface area contributed by atoms with Crippen molar-refractivity contribution in [3.05, 3.63) is 47.2 Å². The van der Waals surface area contributed by atoms with Gasteiger partial charge in [-0.15, -0.1) is 0 Å². The van der Waals surface area contributed by atoms with Crippen LogP contribution in [0, 0.1) is 11.3 Å². The van der Waals surface area contributed by atoms with Gasteiger partial charge in [0.2, 0.25) is 0 Å². The number of benzene rings is 1. The van der Waals surface area contributed by atoms with Gasteiger partial charge in [-0.3, -0.25) is 4.90 Å². The number of hydrogen-bond acceptors (Lipinski definition) is 8. The summed E-state index contributed by atoms with van der Waals surface area (Å²) in [6.45, 7) is 6.34. The Morgan fingerprint density at radius 2 is 2.05 bits per heavy atom. The van der Waals surface area contributed by atoms with E-state index in [1.54, 1.807) is 17.2 Å². The highest BCUT2D eigenvalue weighted by atomic mass is 32.2. The van der Waals surface area contributed by atoms with Crippen molar-refractivity contribution in [1.82, 2.24) is 19.5 Å². The fourth-order valence-electron chi connectivity index (χ4n) is 5.31. The van der Waals surface area contributed by atoms with Crippen molar-refractivity contribution in [3.8, 4) is 6.07 Å². The van der Waals surface area contributed by atoms with Crippen LogP contribution < -0.4 is 10.2 Å². The van der Waals surface area contributed by atoms with Crippen LogP contribution in [0.5, 0.6) is 0 Å². The number of anilines is 3. The van der Waals surface area contributed by atoms with E-state index >= 15 is 0 Å². The van der Waals surface area contributed by atoms with E-state index in [4.69, 9.17) is 4.74 Å². The number of likely N-dealkylation sites (tertiary alicyclic amines) is 1. The third-order valence-corrected chi connectivity index (χ3v) is 7.95. The molecule has 1 aliphatic carbocycles. The Morgan fingerprint density at radius 3 is 2.69 bits per heavy atom. The maximum absolute atomic E-state index is 13.3. The van der Waals surface area contributed by atoms with Gasteiger partial charge in [0.1, 0.15) is 34.6 Å². The molecule has 1 aliphatic heterocycles. The molecule has 0 radical (unpaired) electrons. The number of nitrogens with one attached hydrogen (secondary N) is 1. The monoisotopic (exact) mass is 593 g/mol. The van der Waals surface area contributed by atoms with Crippen LogP contribution in [-0.4, -0.2) is 72.3 Å². The van der Waals surface area contributed by atoms with Crippen molar-refractivity contribution >= 4 is 46.3 Å². The number of carboxylic acid groups (broad SMARTS) is 1. The second kappa shape index (κ2) is 11.7. The molecule has 2 unspecified atom stereocenters. The molecular formula is C29H35N7O5S. The van der Waals surface area contributed by atoms with E-state index in [1.165, 1.54) is 15.6 Å². The van der Waals surface area contributed by atoms with Gasteiger partial charge >= 0.3 is 12.2 Å². The van der Waals surface area contributed by atoms with E-state index in [2.05, 4.69) is 21.5 Å². The summed E-state index contributed by atoms with van der Waals surface area (Å²) in [6.07, 6.45) is 4.87. The molecule has 222 valence electrons. The van der Waals surface area contributed by atoms with Gasteiger partial charge in [0, 0.05) is 42.4 Å². The lowest BCUT2D eigenvalue weighted by atomic mass is 9.88. The van der Waals surface area contributed by atoms with Gasteiger partial charge in [0.05, 0.1) is 12.5 Å². The lowest BCUT2D eigenvalue weighted by Gasteiger charge is -2.32. The largest absolute Gasteiger partial charge is 0.616 e. The summed E-state index contributed by atoms with van der Waals surface area (Å²) < 4.78 is 19.5. The zero-order valence-corrected chi connectivity index (χ0v) is 25.0. The Kier molecular flexibility index (Phi) is 8.21. The van der Waals surface area contributed by atoms with Crippen LogP contribution in [0.4, 0.5) is 26.9 Å². The number of fused-ring (bicyclic) bond motifs is 1. The predicted molar refractivity (Wildman–Crippen MR) is 159 cm³/mol. The molecule has 1 saturated heterocycles. The predicted octanol–water partition coefficient (Wildman–Crippen LogP) is 4.98. The summed E-state index contributed by atoms with van der Waals surface area (Å²) in [5, 5.41) is 26.9. The molecule has 2 fully saturated rings. The van der Waals surface area contributed by atoms with Crippen LogP contribution in [0.15, 0.2) is 30.5 Å². The highest BCUT2D eigenvalue weighted by molar-refractivity contribution is 7.89. The van der Waals surface area contributed by atoms with E-state index in [0.29, 0.717) is 41.8 Å². The standard InChI is InChI=1S/C29H35N7O5S/c1-29(2,3)41-28(39)35(22-8-9-22)25-13-24(33-26-20(14-30)15-31-36(25)26)32-21-7-10-23(19(12-21)17-42(4)40)18-6-5-11-34(16-18)27(37)38/h7,10,12-13,15,18,22H,5-6,8-9,11,16-17H2,1-4H3,(H,32,33)(H,37,38). The molecule has 5 rings (SSSR count). The van der Waals surface area contributed by atoms with Crippen LogP contribution >= 0.6 is 0 Å². The molecule has 0 spiro atoms. The molecule has 2 amide bonds. The number of aromatic nitrogens is 3.